The van der Waals surface area contributed by atoms with E-state index >= 15 is 0 Å². The summed E-state index contributed by atoms with van der Waals surface area (Å²) in [6.07, 6.45) is 7.39. The van der Waals surface area contributed by atoms with Gasteiger partial charge in [-0.25, -0.2) is 4.98 Å². The number of likely N-dealkylation sites (tertiary alicyclic amines) is 1. The summed E-state index contributed by atoms with van der Waals surface area (Å²) in [5, 5.41) is 8.79. The second-order valence-corrected chi connectivity index (χ2v) is 8.43. The molecule has 0 spiro atoms. The summed E-state index contributed by atoms with van der Waals surface area (Å²) < 4.78 is 5.31. The number of pyridine rings is 1. The molecule has 32 heavy (non-hydrogen) atoms. The van der Waals surface area contributed by atoms with Crippen molar-refractivity contribution < 1.29 is 14.1 Å². The lowest BCUT2D eigenvalue weighted by Crippen LogP contribution is -2.36. The molecule has 2 atom stereocenters. The molecule has 0 radical (unpaired) electrons. The number of rotatable bonds is 6. The zero-order chi connectivity index (χ0) is 21.9. The first-order valence-corrected chi connectivity index (χ1v) is 11.1. The number of aromatic amines is 1. The first-order chi connectivity index (χ1) is 15.7. The molecular formula is C22H20N6O3S. The number of carbonyl (C=O) groups excluding carboxylic acids is 2. The second kappa shape index (κ2) is 8.75. The van der Waals surface area contributed by atoms with Crippen LogP contribution in [0.3, 0.4) is 0 Å². The SMILES string of the molecule is O=C(NCC1CCN(C(=O)c2ncc[nH]2)C1c1cccnc1)c1cc(-c2cccs2)on1. The van der Waals surface area contributed by atoms with Crippen molar-refractivity contribution in [2.75, 3.05) is 13.1 Å². The number of imidazole rings is 1. The maximum absolute atomic E-state index is 13.0. The molecule has 0 aromatic carbocycles. The number of nitrogens with one attached hydrogen (secondary N) is 2. The Labute approximate surface area is 187 Å². The Hall–Kier alpha value is -3.79. The van der Waals surface area contributed by atoms with Gasteiger partial charge in [-0.1, -0.05) is 17.3 Å². The van der Waals surface area contributed by atoms with Crippen LogP contribution >= 0.6 is 11.3 Å². The highest BCUT2D eigenvalue weighted by molar-refractivity contribution is 7.13. The summed E-state index contributed by atoms with van der Waals surface area (Å²) in [5.41, 5.74) is 1.15. The largest absolute Gasteiger partial charge is 0.355 e. The number of thiophene rings is 1. The Balaban J connectivity index is 1.31. The predicted octanol–water partition coefficient (Wildman–Crippen LogP) is 3.15. The first kappa shape index (κ1) is 20.1. The second-order valence-electron chi connectivity index (χ2n) is 7.48. The van der Waals surface area contributed by atoms with Crippen molar-refractivity contribution in [3.05, 3.63) is 77.6 Å². The van der Waals surface area contributed by atoms with Crippen LogP contribution in [0.15, 0.2) is 65.0 Å². The molecule has 1 fully saturated rings. The van der Waals surface area contributed by atoms with Crippen molar-refractivity contribution in [3.63, 3.8) is 0 Å². The van der Waals surface area contributed by atoms with Crippen LogP contribution < -0.4 is 5.32 Å². The van der Waals surface area contributed by atoms with Crippen molar-refractivity contribution in [1.82, 2.24) is 30.3 Å². The Bertz CT molecular complexity index is 1190. The van der Waals surface area contributed by atoms with E-state index in [2.05, 4.69) is 25.4 Å². The van der Waals surface area contributed by atoms with Gasteiger partial charge in [0, 0.05) is 49.9 Å². The van der Waals surface area contributed by atoms with Crippen LogP contribution in [-0.2, 0) is 0 Å². The highest BCUT2D eigenvalue weighted by Gasteiger charge is 2.39. The fourth-order valence-electron chi connectivity index (χ4n) is 4.05. The molecule has 2 unspecified atom stereocenters. The van der Waals surface area contributed by atoms with Crippen molar-refractivity contribution in [1.29, 1.82) is 0 Å². The Morgan fingerprint density at radius 3 is 2.97 bits per heavy atom. The summed E-state index contributed by atoms with van der Waals surface area (Å²) in [7, 11) is 0. The molecule has 4 aromatic rings. The van der Waals surface area contributed by atoms with Crippen LogP contribution in [-0.4, -0.2) is 49.9 Å². The fourth-order valence-corrected chi connectivity index (χ4v) is 4.72. The van der Waals surface area contributed by atoms with Crippen molar-refractivity contribution in [3.8, 4) is 10.6 Å². The monoisotopic (exact) mass is 448 g/mol. The van der Waals surface area contributed by atoms with Gasteiger partial charge in [0.2, 0.25) is 0 Å². The third kappa shape index (κ3) is 3.92. The minimum atomic E-state index is -0.308. The average Bonchev–Trinajstić information content (AvgIpc) is 3.64. The summed E-state index contributed by atoms with van der Waals surface area (Å²) in [4.78, 5) is 39.6. The van der Waals surface area contributed by atoms with E-state index in [9.17, 15) is 9.59 Å². The number of aromatic nitrogens is 4. The van der Waals surface area contributed by atoms with E-state index in [-0.39, 0.29) is 29.5 Å². The van der Waals surface area contributed by atoms with E-state index in [1.165, 1.54) is 11.3 Å². The molecule has 9 nitrogen and oxygen atoms in total. The van der Waals surface area contributed by atoms with E-state index in [1.807, 2.05) is 29.6 Å². The summed E-state index contributed by atoms with van der Waals surface area (Å²) in [6.45, 7) is 0.952. The van der Waals surface area contributed by atoms with Crippen LogP contribution in [0.1, 0.15) is 39.1 Å². The minimum absolute atomic E-state index is 0.0192. The number of hydrogen-bond donors (Lipinski definition) is 2. The van der Waals surface area contributed by atoms with Crippen molar-refractivity contribution in [2.45, 2.75) is 12.5 Å². The summed E-state index contributed by atoms with van der Waals surface area (Å²) in [6, 6.07) is 9.04. The van der Waals surface area contributed by atoms with Crippen LogP contribution in [0, 0.1) is 5.92 Å². The Morgan fingerprint density at radius 2 is 2.22 bits per heavy atom. The molecule has 10 heteroatoms. The number of amides is 2. The van der Waals surface area contributed by atoms with Gasteiger partial charge in [-0.3, -0.25) is 14.6 Å². The van der Waals surface area contributed by atoms with Crippen molar-refractivity contribution in [2.24, 2.45) is 5.92 Å². The van der Waals surface area contributed by atoms with Gasteiger partial charge in [-0.2, -0.15) is 0 Å². The molecule has 0 saturated carbocycles. The maximum Gasteiger partial charge on any atom is 0.290 e. The highest BCUT2D eigenvalue weighted by atomic mass is 32.1. The standard InChI is InChI=1S/C22H20N6O3S/c29-21(16-11-17(31-27-16)18-4-2-10-32-18)26-13-15-5-9-28(22(30)20-24-7-8-25-20)19(15)14-3-1-6-23-12-14/h1-4,6-8,10-12,15,19H,5,9,13H2,(H,24,25)(H,26,29). The molecular weight excluding hydrogens is 428 g/mol. The number of hydrogen-bond acceptors (Lipinski definition) is 7. The third-order valence-corrected chi connectivity index (χ3v) is 6.43. The highest BCUT2D eigenvalue weighted by Crippen LogP contribution is 2.37. The van der Waals surface area contributed by atoms with Gasteiger partial charge in [0.05, 0.1) is 10.9 Å². The van der Waals surface area contributed by atoms with E-state index in [0.717, 1.165) is 16.9 Å². The van der Waals surface area contributed by atoms with Crippen LogP contribution in [0.25, 0.3) is 10.6 Å². The van der Waals surface area contributed by atoms with E-state index in [4.69, 9.17) is 4.52 Å². The lowest BCUT2D eigenvalue weighted by molar-refractivity contribution is 0.0705. The number of H-pyrrole nitrogens is 1. The number of carbonyl (C=O) groups is 2. The van der Waals surface area contributed by atoms with Crippen LogP contribution in [0.2, 0.25) is 0 Å². The quantitative estimate of drug-likeness (QED) is 0.468. The molecule has 5 rings (SSSR count). The average molecular weight is 449 g/mol. The Morgan fingerprint density at radius 1 is 1.28 bits per heavy atom. The molecule has 2 N–H and O–H groups in total. The topological polar surface area (TPSA) is 117 Å². The predicted molar refractivity (Wildman–Crippen MR) is 117 cm³/mol. The first-order valence-electron chi connectivity index (χ1n) is 10.2. The zero-order valence-corrected chi connectivity index (χ0v) is 17.8. The molecule has 4 aromatic heterocycles. The molecule has 0 bridgehead atoms. The normalized spacial score (nSPS) is 18.1. The van der Waals surface area contributed by atoms with Gasteiger partial charge in [0.25, 0.3) is 11.8 Å². The smallest absolute Gasteiger partial charge is 0.290 e. The van der Waals surface area contributed by atoms with Crippen molar-refractivity contribution >= 4 is 23.2 Å². The van der Waals surface area contributed by atoms with Gasteiger partial charge in [-0.15, -0.1) is 11.3 Å². The third-order valence-electron chi connectivity index (χ3n) is 5.54. The molecule has 2 amide bonds. The maximum atomic E-state index is 13.0. The lowest BCUT2D eigenvalue weighted by atomic mass is 9.94. The molecule has 162 valence electrons. The number of nitrogens with zero attached hydrogens (tertiary/aromatic N) is 4. The molecule has 5 heterocycles. The zero-order valence-electron chi connectivity index (χ0n) is 17.0. The minimum Gasteiger partial charge on any atom is -0.355 e. The molecule has 1 saturated heterocycles. The van der Waals surface area contributed by atoms with Gasteiger partial charge in [0.1, 0.15) is 0 Å². The van der Waals surface area contributed by atoms with E-state index < -0.39 is 0 Å². The van der Waals surface area contributed by atoms with Crippen LogP contribution in [0.4, 0.5) is 0 Å². The molecule has 1 aliphatic heterocycles. The van der Waals surface area contributed by atoms with Gasteiger partial charge in [0.15, 0.2) is 17.3 Å². The molecule has 0 aliphatic carbocycles. The van der Waals surface area contributed by atoms with Gasteiger partial charge in [-0.05, 0) is 29.5 Å². The summed E-state index contributed by atoms with van der Waals surface area (Å²) in [5.74, 6) is 0.402. The fraction of sp³-hybridized carbons (Fsp3) is 0.227. The lowest BCUT2D eigenvalue weighted by Gasteiger charge is -2.28. The van der Waals surface area contributed by atoms with E-state index in [1.54, 1.807) is 35.8 Å². The van der Waals surface area contributed by atoms with Gasteiger partial charge < -0.3 is 19.7 Å². The van der Waals surface area contributed by atoms with Gasteiger partial charge >= 0.3 is 0 Å². The van der Waals surface area contributed by atoms with E-state index in [0.29, 0.717) is 24.7 Å². The van der Waals surface area contributed by atoms with Crippen LogP contribution in [0.5, 0.6) is 0 Å². The molecule has 1 aliphatic rings. The Kier molecular flexibility index (Phi) is 5.51. The summed E-state index contributed by atoms with van der Waals surface area (Å²) >= 11 is 1.52.